The van der Waals surface area contributed by atoms with Crippen molar-refractivity contribution in [2.75, 3.05) is 6.61 Å². The SMILES string of the molecule is CC(C)C(=O)OCC1c2ccccc2Cc2ccccc21. The van der Waals surface area contributed by atoms with E-state index in [1.54, 1.807) is 0 Å². The highest BCUT2D eigenvalue weighted by molar-refractivity contribution is 5.71. The normalized spacial score (nSPS) is 13.7. The van der Waals surface area contributed by atoms with Crippen LogP contribution in [0.1, 0.15) is 42.0 Å². The van der Waals surface area contributed by atoms with Gasteiger partial charge in [0.05, 0.1) is 5.92 Å². The Morgan fingerprint density at radius 2 is 1.57 bits per heavy atom. The summed E-state index contributed by atoms with van der Waals surface area (Å²) in [7, 11) is 0. The highest BCUT2D eigenvalue weighted by Crippen LogP contribution is 2.36. The number of benzene rings is 2. The molecule has 2 heteroatoms. The second kappa shape index (κ2) is 5.72. The van der Waals surface area contributed by atoms with Crippen molar-refractivity contribution in [1.82, 2.24) is 0 Å². The van der Waals surface area contributed by atoms with E-state index in [9.17, 15) is 4.79 Å². The molecule has 2 aromatic carbocycles. The fourth-order valence-electron chi connectivity index (χ4n) is 2.95. The second-order valence-corrected chi connectivity index (χ2v) is 5.91. The third-order valence-corrected chi connectivity index (χ3v) is 4.11. The molecule has 0 spiro atoms. The zero-order valence-electron chi connectivity index (χ0n) is 12.5. The van der Waals surface area contributed by atoms with E-state index in [2.05, 4.69) is 48.5 Å². The average molecular weight is 280 g/mol. The van der Waals surface area contributed by atoms with Crippen molar-refractivity contribution in [3.63, 3.8) is 0 Å². The van der Waals surface area contributed by atoms with Crippen LogP contribution in [0.15, 0.2) is 48.5 Å². The van der Waals surface area contributed by atoms with Gasteiger partial charge < -0.3 is 4.74 Å². The van der Waals surface area contributed by atoms with Crippen molar-refractivity contribution in [2.24, 2.45) is 5.92 Å². The summed E-state index contributed by atoms with van der Waals surface area (Å²) in [6.45, 7) is 4.15. The van der Waals surface area contributed by atoms with Gasteiger partial charge in [0.25, 0.3) is 0 Å². The maximum atomic E-state index is 11.8. The van der Waals surface area contributed by atoms with Gasteiger partial charge in [-0.15, -0.1) is 0 Å². The van der Waals surface area contributed by atoms with Crippen LogP contribution in [0.5, 0.6) is 0 Å². The lowest BCUT2D eigenvalue weighted by Crippen LogP contribution is -2.21. The van der Waals surface area contributed by atoms with Gasteiger partial charge in [0.15, 0.2) is 0 Å². The fourth-order valence-corrected chi connectivity index (χ4v) is 2.95. The van der Waals surface area contributed by atoms with Crippen molar-refractivity contribution in [3.05, 3.63) is 70.8 Å². The van der Waals surface area contributed by atoms with Crippen LogP contribution in [0, 0.1) is 5.92 Å². The number of hydrogen-bond acceptors (Lipinski definition) is 2. The molecule has 0 radical (unpaired) electrons. The average Bonchev–Trinajstić information content (AvgIpc) is 2.51. The largest absolute Gasteiger partial charge is 0.464 e. The highest BCUT2D eigenvalue weighted by atomic mass is 16.5. The van der Waals surface area contributed by atoms with Gasteiger partial charge in [-0.2, -0.15) is 0 Å². The molecule has 0 saturated heterocycles. The van der Waals surface area contributed by atoms with Gasteiger partial charge in [-0.05, 0) is 28.7 Å². The molecular weight excluding hydrogens is 260 g/mol. The molecule has 0 aromatic heterocycles. The summed E-state index contributed by atoms with van der Waals surface area (Å²) in [5.74, 6) is -0.0662. The number of fused-ring (bicyclic) bond motifs is 2. The minimum Gasteiger partial charge on any atom is -0.464 e. The zero-order chi connectivity index (χ0) is 14.8. The minimum absolute atomic E-state index is 0.0842. The van der Waals surface area contributed by atoms with E-state index in [4.69, 9.17) is 4.74 Å². The number of carbonyl (C=O) groups is 1. The summed E-state index contributed by atoms with van der Waals surface area (Å²) in [4.78, 5) is 11.8. The fraction of sp³-hybridized carbons (Fsp3) is 0.316. The van der Waals surface area contributed by atoms with Crippen LogP contribution in [-0.4, -0.2) is 12.6 Å². The highest BCUT2D eigenvalue weighted by Gasteiger charge is 2.26. The molecule has 0 amide bonds. The summed E-state index contributed by atoms with van der Waals surface area (Å²) in [6, 6.07) is 16.9. The second-order valence-electron chi connectivity index (χ2n) is 5.91. The van der Waals surface area contributed by atoms with Crippen molar-refractivity contribution < 1.29 is 9.53 Å². The van der Waals surface area contributed by atoms with Crippen LogP contribution < -0.4 is 0 Å². The molecule has 0 N–H and O–H groups in total. The number of ether oxygens (including phenoxy) is 1. The number of hydrogen-bond donors (Lipinski definition) is 0. The lowest BCUT2D eigenvalue weighted by molar-refractivity contribution is -0.147. The first-order valence-corrected chi connectivity index (χ1v) is 7.49. The Balaban J connectivity index is 1.93. The Labute approximate surface area is 125 Å². The van der Waals surface area contributed by atoms with Gasteiger partial charge in [-0.3, -0.25) is 4.79 Å². The molecule has 21 heavy (non-hydrogen) atoms. The standard InChI is InChI=1S/C19H20O2/c1-13(2)19(20)21-12-18-16-9-5-3-7-14(16)11-15-8-4-6-10-17(15)18/h3-10,13,18H,11-12H2,1-2H3. The summed E-state index contributed by atoms with van der Waals surface area (Å²) in [5, 5.41) is 0. The smallest absolute Gasteiger partial charge is 0.308 e. The van der Waals surface area contributed by atoms with Crippen molar-refractivity contribution in [3.8, 4) is 0 Å². The molecule has 1 aliphatic carbocycles. The Bertz CT molecular complexity index is 613. The Morgan fingerprint density at radius 3 is 2.10 bits per heavy atom. The van der Waals surface area contributed by atoms with E-state index in [1.807, 2.05) is 13.8 Å². The molecule has 2 aromatic rings. The predicted octanol–water partition coefficient (Wildman–Crippen LogP) is 3.92. The Kier molecular flexibility index (Phi) is 3.78. The summed E-state index contributed by atoms with van der Waals surface area (Å²) < 4.78 is 5.52. The lowest BCUT2D eigenvalue weighted by atomic mass is 9.78. The minimum atomic E-state index is -0.129. The quantitative estimate of drug-likeness (QED) is 0.796. The van der Waals surface area contributed by atoms with E-state index < -0.39 is 0 Å². The van der Waals surface area contributed by atoms with E-state index in [0.717, 1.165) is 6.42 Å². The molecule has 0 heterocycles. The van der Waals surface area contributed by atoms with Gasteiger partial charge in [-0.25, -0.2) is 0 Å². The monoisotopic (exact) mass is 280 g/mol. The van der Waals surface area contributed by atoms with Gasteiger partial charge in [0.2, 0.25) is 0 Å². The van der Waals surface area contributed by atoms with Gasteiger partial charge in [0, 0.05) is 5.92 Å². The van der Waals surface area contributed by atoms with Crippen LogP contribution in [0.2, 0.25) is 0 Å². The molecule has 0 bridgehead atoms. The van der Waals surface area contributed by atoms with E-state index in [-0.39, 0.29) is 17.8 Å². The predicted molar refractivity (Wildman–Crippen MR) is 83.3 cm³/mol. The zero-order valence-corrected chi connectivity index (χ0v) is 12.5. The van der Waals surface area contributed by atoms with Crippen LogP contribution in [0.3, 0.4) is 0 Å². The molecule has 0 saturated carbocycles. The van der Waals surface area contributed by atoms with E-state index >= 15 is 0 Å². The van der Waals surface area contributed by atoms with Crippen molar-refractivity contribution in [2.45, 2.75) is 26.2 Å². The van der Waals surface area contributed by atoms with E-state index in [1.165, 1.54) is 22.3 Å². The van der Waals surface area contributed by atoms with Crippen LogP contribution >= 0.6 is 0 Å². The maximum Gasteiger partial charge on any atom is 0.308 e. The number of rotatable bonds is 3. The molecule has 1 aliphatic rings. The summed E-state index contributed by atoms with van der Waals surface area (Å²) in [5.41, 5.74) is 5.24. The van der Waals surface area contributed by atoms with Crippen molar-refractivity contribution >= 4 is 5.97 Å². The van der Waals surface area contributed by atoms with E-state index in [0.29, 0.717) is 6.61 Å². The van der Waals surface area contributed by atoms with Crippen molar-refractivity contribution in [1.29, 1.82) is 0 Å². The third-order valence-electron chi connectivity index (χ3n) is 4.11. The number of esters is 1. The Hall–Kier alpha value is -2.09. The van der Waals surface area contributed by atoms with Crippen LogP contribution in [0.4, 0.5) is 0 Å². The molecule has 3 rings (SSSR count). The molecular formula is C19H20O2. The number of carbonyl (C=O) groups excluding carboxylic acids is 1. The van der Waals surface area contributed by atoms with Gasteiger partial charge >= 0.3 is 5.97 Å². The summed E-state index contributed by atoms with van der Waals surface area (Å²) in [6.07, 6.45) is 0.959. The first-order chi connectivity index (χ1) is 10.2. The first-order valence-electron chi connectivity index (χ1n) is 7.49. The molecule has 2 nitrogen and oxygen atoms in total. The lowest BCUT2D eigenvalue weighted by Gasteiger charge is -2.28. The summed E-state index contributed by atoms with van der Waals surface area (Å²) >= 11 is 0. The molecule has 108 valence electrons. The van der Waals surface area contributed by atoms with Crippen LogP contribution in [0.25, 0.3) is 0 Å². The third kappa shape index (κ3) is 2.71. The molecule has 0 fully saturated rings. The molecule has 0 aliphatic heterocycles. The molecule has 0 unspecified atom stereocenters. The van der Waals surface area contributed by atoms with Gasteiger partial charge in [-0.1, -0.05) is 62.4 Å². The first kappa shape index (κ1) is 13.9. The molecule has 0 atom stereocenters. The maximum absolute atomic E-state index is 11.8. The van der Waals surface area contributed by atoms with Crippen LogP contribution in [-0.2, 0) is 16.0 Å². The Morgan fingerprint density at radius 1 is 1.05 bits per heavy atom. The topological polar surface area (TPSA) is 26.3 Å². The van der Waals surface area contributed by atoms with Gasteiger partial charge in [0.1, 0.15) is 6.61 Å².